The highest BCUT2D eigenvalue weighted by atomic mass is 16.5. The van der Waals surface area contributed by atoms with Crippen molar-refractivity contribution in [2.75, 3.05) is 34.0 Å². The second-order valence-electron chi connectivity index (χ2n) is 7.17. The van der Waals surface area contributed by atoms with E-state index in [4.69, 9.17) is 14.2 Å². The van der Waals surface area contributed by atoms with Crippen LogP contribution in [0.2, 0.25) is 0 Å². The van der Waals surface area contributed by atoms with Crippen LogP contribution in [0.1, 0.15) is 22.0 Å². The van der Waals surface area contributed by atoms with Gasteiger partial charge in [0, 0.05) is 30.2 Å². The number of morpholine rings is 1. The average Bonchev–Trinajstić information content (AvgIpc) is 3.37. The molecule has 8 heteroatoms. The molecule has 1 amide bonds. The van der Waals surface area contributed by atoms with Crippen molar-refractivity contribution in [1.29, 1.82) is 0 Å². The van der Waals surface area contributed by atoms with Crippen molar-refractivity contribution >= 4 is 5.91 Å². The maximum absolute atomic E-state index is 13.4. The molecule has 8 nitrogen and oxygen atoms in total. The zero-order chi connectivity index (χ0) is 21.8. The largest absolute Gasteiger partial charge is 0.493 e. The summed E-state index contributed by atoms with van der Waals surface area (Å²) in [6, 6.07) is 12.4. The number of methoxy groups -OCH3 is 2. The van der Waals surface area contributed by atoms with Gasteiger partial charge in [-0.2, -0.15) is 0 Å². The lowest BCUT2D eigenvalue weighted by Gasteiger charge is -2.41. The molecule has 1 saturated heterocycles. The standard InChI is InChI=1S/C23H25N3O5/c1-29-19-8-5-17(13-20(19)30-2)22-21(14-27)31-12-11-26(22)23(28)16-3-6-18(7-4-16)25-10-9-24-15-25/h3-10,13,15,21-22,27H,11-12,14H2,1-2H3/t21-,22-/m1/s1. The number of carbonyl (C=O) groups is 1. The van der Waals surface area contributed by atoms with Gasteiger partial charge >= 0.3 is 0 Å². The van der Waals surface area contributed by atoms with Gasteiger partial charge in [-0.1, -0.05) is 6.07 Å². The lowest BCUT2D eigenvalue weighted by atomic mass is 9.96. The molecule has 2 heterocycles. The summed E-state index contributed by atoms with van der Waals surface area (Å²) in [6.07, 6.45) is 4.71. The Morgan fingerprint density at radius 3 is 2.58 bits per heavy atom. The van der Waals surface area contributed by atoms with Crippen LogP contribution in [0, 0.1) is 0 Å². The van der Waals surface area contributed by atoms with Crippen LogP contribution in [0.3, 0.4) is 0 Å². The van der Waals surface area contributed by atoms with Gasteiger partial charge in [-0.3, -0.25) is 4.79 Å². The fourth-order valence-corrected chi connectivity index (χ4v) is 3.90. The lowest BCUT2D eigenvalue weighted by Crippen LogP contribution is -2.49. The number of hydrogen-bond donors (Lipinski definition) is 1. The molecule has 0 unspecified atom stereocenters. The Bertz CT molecular complexity index is 1020. The minimum absolute atomic E-state index is 0.126. The summed E-state index contributed by atoms with van der Waals surface area (Å²) in [5, 5.41) is 9.93. The second-order valence-corrected chi connectivity index (χ2v) is 7.17. The molecular weight excluding hydrogens is 398 g/mol. The molecule has 1 fully saturated rings. The van der Waals surface area contributed by atoms with E-state index in [-0.39, 0.29) is 12.5 Å². The van der Waals surface area contributed by atoms with Gasteiger partial charge in [-0.15, -0.1) is 0 Å². The first kappa shape index (κ1) is 20.9. The Kier molecular flexibility index (Phi) is 6.20. The summed E-state index contributed by atoms with van der Waals surface area (Å²) in [5.41, 5.74) is 2.29. The molecule has 1 aliphatic heterocycles. The predicted octanol–water partition coefficient (Wildman–Crippen LogP) is 2.46. The third-order valence-electron chi connectivity index (χ3n) is 5.46. The maximum atomic E-state index is 13.4. The maximum Gasteiger partial charge on any atom is 0.254 e. The van der Waals surface area contributed by atoms with Crippen LogP contribution in [-0.2, 0) is 4.74 Å². The summed E-state index contributed by atoms with van der Waals surface area (Å²) in [6.45, 7) is 0.563. The van der Waals surface area contributed by atoms with Crippen molar-refractivity contribution in [3.63, 3.8) is 0 Å². The molecule has 0 saturated carbocycles. The summed E-state index contributed by atoms with van der Waals surface area (Å²) >= 11 is 0. The van der Waals surface area contributed by atoms with E-state index in [2.05, 4.69) is 4.98 Å². The molecule has 31 heavy (non-hydrogen) atoms. The van der Waals surface area contributed by atoms with Crippen LogP contribution in [0.4, 0.5) is 0 Å². The quantitative estimate of drug-likeness (QED) is 0.656. The molecule has 3 aromatic rings. The zero-order valence-electron chi connectivity index (χ0n) is 17.5. The minimum Gasteiger partial charge on any atom is -0.493 e. The number of benzene rings is 2. The van der Waals surface area contributed by atoms with Crippen molar-refractivity contribution in [3.8, 4) is 17.2 Å². The van der Waals surface area contributed by atoms with Gasteiger partial charge in [-0.25, -0.2) is 4.98 Å². The molecule has 2 aromatic carbocycles. The third-order valence-corrected chi connectivity index (χ3v) is 5.46. The highest BCUT2D eigenvalue weighted by molar-refractivity contribution is 5.94. The molecule has 2 atom stereocenters. The van der Waals surface area contributed by atoms with E-state index in [0.29, 0.717) is 30.2 Å². The number of aromatic nitrogens is 2. The van der Waals surface area contributed by atoms with Crippen molar-refractivity contribution in [2.45, 2.75) is 12.1 Å². The first-order valence-electron chi connectivity index (χ1n) is 10.00. The van der Waals surface area contributed by atoms with Gasteiger partial charge in [0.25, 0.3) is 5.91 Å². The highest BCUT2D eigenvalue weighted by Gasteiger charge is 2.37. The fourth-order valence-electron chi connectivity index (χ4n) is 3.90. The molecule has 0 aliphatic carbocycles. The normalized spacial score (nSPS) is 18.6. The predicted molar refractivity (Wildman–Crippen MR) is 114 cm³/mol. The first-order chi connectivity index (χ1) is 15.2. The SMILES string of the molecule is COc1ccc([C@@H]2[C@@H](CO)OCCN2C(=O)c2ccc(-n3ccnc3)cc2)cc1OC. The van der Waals surface area contributed by atoms with Gasteiger partial charge in [0.15, 0.2) is 11.5 Å². The molecule has 4 rings (SSSR count). The van der Waals surface area contributed by atoms with Crippen LogP contribution in [0.5, 0.6) is 11.5 Å². The number of aliphatic hydroxyl groups excluding tert-OH is 1. The van der Waals surface area contributed by atoms with E-state index in [0.717, 1.165) is 11.3 Å². The molecule has 162 valence electrons. The number of aliphatic hydroxyl groups is 1. The van der Waals surface area contributed by atoms with Crippen LogP contribution < -0.4 is 9.47 Å². The number of amides is 1. The van der Waals surface area contributed by atoms with Gasteiger partial charge in [0.05, 0.1) is 39.8 Å². The van der Waals surface area contributed by atoms with Crippen LogP contribution in [-0.4, -0.2) is 65.5 Å². The Morgan fingerprint density at radius 2 is 1.94 bits per heavy atom. The molecule has 1 aromatic heterocycles. The zero-order valence-corrected chi connectivity index (χ0v) is 17.5. The Hall–Kier alpha value is -3.36. The van der Waals surface area contributed by atoms with Crippen LogP contribution in [0.25, 0.3) is 5.69 Å². The van der Waals surface area contributed by atoms with Gasteiger partial charge in [0.2, 0.25) is 0 Å². The molecule has 0 radical (unpaired) electrons. The Labute approximate surface area is 180 Å². The van der Waals surface area contributed by atoms with E-state index >= 15 is 0 Å². The second kappa shape index (κ2) is 9.20. The van der Waals surface area contributed by atoms with E-state index in [1.807, 2.05) is 35.0 Å². The number of carbonyl (C=O) groups excluding carboxylic acids is 1. The van der Waals surface area contributed by atoms with Gasteiger partial charge in [-0.05, 0) is 42.0 Å². The van der Waals surface area contributed by atoms with Gasteiger partial charge in [0.1, 0.15) is 6.10 Å². The van der Waals surface area contributed by atoms with E-state index in [1.54, 1.807) is 49.8 Å². The molecule has 1 N–H and O–H groups in total. The van der Waals surface area contributed by atoms with Crippen molar-refractivity contribution < 1.29 is 24.1 Å². The lowest BCUT2D eigenvalue weighted by molar-refractivity contribution is -0.0811. The summed E-state index contributed by atoms with van der Waals surface area (Å²) in [4.78, 5) is 19.2. The number of rotatable bonds is 6. The van der Waals surface area contributed by atoms with Gasteiger partial charge < -0.3 is 28.8 Å². The summed E-state index contributed by atoms with van der Waals surface area (Å²) in [5.74, 6) is 1.02. The average molecular weight is 423 g/mol. The van der Waals surface area contributed by atoms with Crippen molar-refractivity contribution in [1.82, 2.24) is 14.5 Å². The molecule has 0 spiro atoms. The topological polar surface area (TPSA) is 86.0 Å². The van der Waals surface area contributed by atoms with Crippen molar-refractivity contribution in [3.05, 3.63) is 72.3 Å². The van der Waals surface area contributed by atoms with Crippen molar-refractivity contribution in [2.24, 2.45) is 0 Å². The third kappa shape index (κ3) is 4.12. The first-order valence-corrected chi connectivity index (χ1v) is 10.00. The van der Waals surface area contributed by atoms with E-state index in [9.17, 15) is 9.90 Å². The number of hydrogen-bond acceptors (Lipinski definition) is 6. The number of nitrogens with zero attached hydrogens (tertiary/aromatic N) is 3. The Morgan fingerprint density at radius 1 is 1.16 bits per heavy atom. The highest BCUT2D eigenvalue weighted by Crippen LogP contribution is 2.36. The fraction of sp³-hybridized carbons (Fsp3) is 0.304. The molecular formula is C23H25N3O5. The summed E-state index contributed by atoms with van der Waals surface area (Å²) in [7, 11) is 3.13. The van der Waals surface area contributed by atoms with Crippen LogP contribution in [0.15, 0.2) is 61.2 Å². The number of ether oxygens (including phenoxy) is 3. The summed E-state index contributed by atoms with van der Waals surface area (Å²) < 4.78 is 18.4. The Balaban J connectivity index is 1.65. The van der Waals surface area contributed by atoms with Crippen LogP contribution >= 0.6 is 0 Å². The van der Waals surface area contributed by atoms with E-state index < -0.39 is 12.1 Å². The smallest absolute Gasteiger partial charge is 0.254 e. The minimum atomic E-state index is -0.541. The monoisotopic (exact) mass is 423 g/mol. The number of imidazole rings is 1. The molecule has 0 bridgehead atoms. The molecule has 1 aliphatic rings. The van der Waals surface area contributed by atoms with E-state index in [1.165, 1.54) is 0 Å².